The molecule has 208 valence electrons. The summed E-state index contributed by atoms with van der Waals surface area (Å²) in [6, 6.07) is 17.2. The number of anilines is 1. The number of hydrogen-bond donors (Lipinski definition) is 1. The van der Waals surface area contributed by atoms with E-state index in [1.807, 2.05) is 13.8 Å². The van der Waals surface area contributed by atoms with E-state index in [0.29, 0.717) is 22.7 Å². The molecule has 0 heterocycles. The number of benzene rings is 3. The van der Waals surface area contributed by atoms with Gasteiger partial charge < -0.3 is 10.2 Å². The number of carbonyl (C=O) groups is 2. The topological polar surface area (TPSA) is 86.8 Å². The molecule has 3 aromatic rings. The SMILES string of the molecule is Cc1ccc(Cl)cc1N(CC(=O)N(Cc1ccc(F)cc1)[C@H](C)C(=O)NCC(C)C)S(=O)(=O)c1ccccc1. The van der Waals surface area contributed by atoms with Crippen molar-refractivity contribution in [2.24, 2.45) is 5.92 Å². The number of aryl methyl sites for hydroxylation is 1. The lowest BCUT2D eigenvalue weighted by Crippen LogP contribution is -2.51. The van der Waals surface area contributed by atoms with Crippen LogP contribution in [-0.2, 0) is 26.2 Å². The smallest absolute Gasteiger partial charge is 0.264 e. The number of nitrogens with one attached hydrogen (secondary N) is 1. The van der Waals surface area contributed by atoms with Crippen LogP contribution in [0.15, 0.2) is 77.7 Å². The molecule has 0 radical (unpaired) electrons. The quantitative estimate of drug-likeness (QED) is 0.343. The Balaban J connectivity index is 2.03. The second-order valence-corrected chi connectivity index (χ2v) is 12.0. The standard InChI is InChI=1S/C29H33ClFN3O4S/c1-20(2)17-32-29(36)22(4)33(18-23-11-14-25(31)15-12-23)28(35)19-34(27-16-24(30)13-10-21(27)3)39(37,38)26-8-6-5-7-9-26/h5-16,20,22H,17-19H2,1-4H3,(H,32,36)/t22-/m1/s1. The van der Waals surface area contributed by atoms with Gasteiger partial charge in [-0.2, -0.15) is 0 Å². The van der Waals surface area contributed by atoms with Crippen LogP contribution in [0.4, 0.5) is 10.1 Å². The largest absolute Gasteiger partial charge is 0.354 e. The number of halogens is 2. The Morgan fingerprint density at radius 2 is 1.62 bits per heavy atom. The van der Waals surface area contributed by atoms with Gasteiger partial charge >= 0.3 is 0 Å². The third-order valence-corrected chi connectivity index (χ3v) is 8.18. The average molecular weight is 574 g/mol. The summed E-state index contributed by atoms with van der Waals surface area (Å²) in [6.45, 7) is 7.01. The summed E-state index contributed by atoms with van der Waals surface area (Å²) in [6.07, 6.45) is 0. The van der Waals surface area contributed by atoms with Crippen molar-refractivity contribution in [3.8, 4) is 0 Å². The highest BCUT2D eigenvalue weighted by Gasteiger charge is 2.33. The molecule has 0 unspecified atom stereocenters. The van der Waals surface area contributed by atoms with Gasteiger partial charge in [-0.25, -0.2) is 12.8 Å². The van der Waals surface area contributed by atoms with E-state index in [0.717, 1.165) is 4.31 Å². The van der Waals surface area contributed by atoms with Gasteiger partial charge in [0.1, 0.15) is 18.4 Å². The van der Waals surface area contributed by atoms with Crippen LogP contribution in [0.5, 0.6) is 0 Å². The Hall–Kier alpha value is -3.43. The third-order valence-electron chi connectivity index (χ3n) is 6.17. The maximum Gasteiger partial charge on any atom is 0.264 e. The summed E-state index contributed by atoms with van der Waals surface area (Å²) in [4.78, 5) is 28.2. The molecular weight excluding hydrogens is 541 g/mol. The molecule has 3 aromatic carbocycles. The maximum absolute atomic E-state index is 13.9. The summed E-state index contributed by atoms with van der Waals surface area (Å²) in [7, 11) is -4.19. The Labute approximate surface area is 234 Å². The average Bonchev–Trinajstić information content (AvgIpc) is 2.91. The van der Waals surface area contributed by atoms with Gasteiger partial charge in [0, 0.05) is 18.1 Å². The second-order valence-electron chi connectivity index (χ2n) is 9.72. The number of rotatable bonds is 11. The molecule has 3 rings (SSSR count). The summed E-state index contributed by atoms with van der Waals surface area (Å²) in [5, 5.41) is 3.13. The van der Waals surface area contributed by atoms with Crippen LogP contribution in [0.1, 0.15) is 31.9 Å². The van der Waals surface area contributed by atoms with Gasteiger partial charge in [-0.3, -0.25) is 13.9 Å². The number of carbonyl (C=O) groups excluding carboxylic acids is 2. The van der Waals surface area contributed by atoms with Crippen molar-refractivity contribution in [1.82, 2.24) is 10.2 Å². The first kappa shape index (κ1) is 30.1. The molecule has 10 heteroatoms. The maximum atomic E-state index is 13.9. The van der Waals surface area contributed by atoms with Crippen LogP contribution < -0.4 is 9.62 Å². The predicted molar refractivity (Wildman–Crippen MR) is 151 cm³/mol. The number of hydrogen-bond acceptors (Lipinski definition) is 4. The van der Waals surface area contributed by atoms with E-state index in [1.165, 1.54) is 47.4 Å². The molecule has 0 aliphatic rings. The molecule has 0 aliphatic heterocycles. The molecule has 0 spiro atoms. The van der Waals surface area contributed by atoms with Crippen molar-refractivity contribution in [3.63, 3.8) is 0 Å². The zero-order valence-electron chi connectivity index (χ0n) is 22.4. The monoisotopic (exact) mass is 573 g/mol. The first-order valence-corrected chi connectivity index (χ1v) is 14.4. The van der Waals surface area contributed by atoms with Crippen LogP contribution in [0.3, 0.4) is 0 Å². The Morgan fingerprint density at radius 3 is 2.23 bits per heavy atom. The van der Waals surface area contributed by atoms with Gasteiger partial charge in [0.2, 0.25) is 11.8 Å². The number of sulfonamides is 1. The Bertz CT molecular complexity index is 1400. The van der Waals surface area contributed by atoms with Crippen LogP contribution in [0.25, 0.3) is 0 Å². The van der Waals surface area contributed by atoms with Gasteiger partial charge in [-0.15, -0.1) is 0 Å². The van der Waals surface area contributed by atoms with E-state index in [9.17, 15) is 22.4 Å². The highest BCUT2D eigenvalue weighted by molar-refractivity contribution is 7.92. The van der Waals surface area contributed by atoms with E-state index < -0.39 is 34.3 Å². The van der Waals surface area contributed by atoms with E-state index >= 15 is 0 Å². The van der Waals surface area contributed by atoms with Crippen molar-refractivity contribution >= 4 is 39.1 Å². The molecule has 0 fully saturated rings. The van der Waals surface area contributed by atoms with Crippen LogP contribution in [-0.4, -0.2) is 44.3 Å². The molecular formula is C29H33ClFN3O4S. The molecule has 0 saturated heterocycles. The number of nitrogens with zero attached hydrogens (tertiary/aromatic N) is 2. The molecule has 7 nitrogen and oxygen atoms in total. The molecule has 0 bridgehead atoms. The second kappa shape index (κ2) is 13.1. The molecule has 2 amide bonds. The fraction of sp³-hybridized carbons (Fsp3) is 0.310. The zero-order chi connectivity index (χ0) is 28.7. The minimum Gasteiger partial charge on any atom is -0.354 e. The predicted octanol–water partition coefficient (Wildman–Crippen LogP) is 5.17. The van der Waals surface area contributed by atoms with Crippen LogP contribution in [0, 0.1) is 18.7 Å². The Morgan fingerprint density at radius 1 is 0.974 bits per heavy atom. The van der Waals surface area contributed by atoms with E-state index in [1.54, 1.807) is 44.2 Å². The highest BCUT2D eigenvalue weighted by atomic mass is 35.5. The first-order valence-electron chi connectivity index (χ1n) is 12.6. The number of amides is 2. The normalized spacial score (nSPS) is 12.2. The lowest BCUT2D eigenvalue weighted by molar-refractivity contribution is -0.139. The van der Waals surface area contributed by atoms with Crippen molar-refractivity contribution < 1.29 is 22.4 Å². The first-order chi connectivity index (χ1) is 18.4. The third kappa shape index (κ3) is 7.80. The highest BCUT2D eigenvalue weighted by Crippen LogP contribution is 2.30. The molecule has 0 aliphatic carbocycles. The van der Waals surface area contributed by atoms with E-state index in [4.69, 9.17) is 11.6 Å². The summed E-state index contributed by atoms with van der Waals surface area (Å²) >= 11 is 6.23. The van der Waals surface area contributed by atoms with Gasteiger partial charge in [-0.05, 0) is 67.3 Å². The lowest BCUT2D eigenvalue weighted by Gasteiger charge is -2.32. The summed E-state index contributed by atoms with van der Waals surface area (Å²) in [5.41, 5.74) is 1.43. The van der Waals surface area contributed by atoms with Gasteiger partial charge in [0.25, 0.3) is 10.0 Å². The molecule has 1 N–H and O–H groups in total. The molecule has 0 saturated carbocycles. The van der Waals surface area contributed by atoms with Crippen molar-refractivity contribution in [1.29, 1.82) is 0 Å². The summed E-state index contributed by atoms with van der Waals surface area (Å²) < 4.78 is 42.2. The van der Waals surface area contributed by atoms with Gasteiger partial charge in [0.05, 0.1) is 10.6 Å². The van der Waals surface area contributed by atoms with Crippen molar-refractivity contribution in [2.75, 3.05) is 17.4 Å². The van der Waals surface area contributed by atoms with E-state index in [2.05, 4.69) is 5.32 Å². The van der Waals surface area contributed by atoms with Crippen LogP contribution in [0.2, 0.25) is 5.02 Å². The summed E-state index contributed by atoms with van der Waals surface area (Å²) in [5.74, 6) is -1.23. The molecule has 39 heavy (non-hydrogen) atoms. The van der Waals surface area contributed by atoms with Crippen molar-refractivity contribution in [3.05, 3.63) is 94.8 Å². The fourth-order valence-electron chi connectivity index (χ4n) is 3.91. The molecule has 0 aromatic heterocycles. The molecule has 1 atom stereocenters. The minimum absolute atomic E-state index is 0.00462. The van der Waals surface area contributed by atoms with Crippen molar-refractivity contribution in [2.45, 2.75) is 45.2 Å². The van der Waals surface area contributed by atoms with Gasteiger partial charge in [0.15, 0.2) is 0 Å². The lowest BCUT2D eigenvalue weighted by atomic mass is 10.1. The van der Waals surface area contributed by atoms with Gasteiger partial charge in [-0.1, -0.05) is 61.8 Å². The van der Waals surface area contributed by atoms with E-state index in [-0.39, 0.29) is 29.0 Å². The minimum atomic E-state index is -4.19. The Kier molecular flexibility index (Phi) is 10.1. The zero-order valence-corrected chi connectivity index (χ0v) is 24.0. The fourth-order valence-corrected chi connectivity index (χ4v) is 5.56. The van der Waals surface area contributed by atoms with Crippen LogP contribution >= 0.6 is 11.6 Å².